The molecule has 1 aliphatic heterocycles. The smallest absolute Gasteiger partial charge is 0.312 e. The highest BCUT2D eigenvalue weighted by atomic mass is 16.6. The van der Waals surface area contributed by atoms with Gasteiger partial charge >= 0.3 is 5.69 Å². The van der Waals surface area contributed by atoms with Crippen LogP contribution in [0.2, 0.25) is 0 Å². The zero-order valence-electron chi connectivity index (χ0n) is 13.9. The highest BCUT2D eigenvalue weighted by Gasteiger charge is 2.22. The number of benzene rings is 1. The fraction of sp³-hybridized carbons (Fsp3) is 0.412. The van der Waals surface area contributed by atoms with Crippen LogP contribution in [-0.4, -0.2) is 38.6 Å². The summed E-state index contributed by atoms with van der Waals surface area (Å²) in [6, 6.07) is 7.39. The van der Waals surface area contributed by atoms with Gasteiger partial charge in [-0.05, 0) is 44.4 Å². The first-order valence-corrected chi connectivity index (χ1v) is 8.04. The topological polar surface area (TPSA) is 81.3 Å². The number of hydrogen-bond donors (Lipinski definition) is 0. The second kappa shape index (κ2) is 6.43. The molecule has 0 radical (unpaired) electrons. The monoisotopic (exact) mass is 328 g/mol. The number of likely N-dealkylation sites (tertiary alicyclic amines) is 1. The minimum absolute atomic E-state index is 0.0656. The SMILES string of the molecule is Cc1nn(Cc2ccc(C(=O)N3CCCC3)cc2)c(C)c1[N+](=O)[O-]. The number of carbonyl (C=O) groups is 1. The second-order valence-corrected chi connectivity index (χ2v) is 6.13. The molecule has 0 bridgehead atoms. The van der Waals surface area contributed by atoms with E-state index in [0.717, 1.165) is 31.5 Å². The maximum absolute atomic E-state index is 12.3. The first-order chi connectivity index (χ1) is 11.5. The van der Waals surface area contributed by atoms with Crippen molar-refractivity contribution < 1.29 is 9.72 Å². The van der Waals surface area contributed by atoms with Gasteiger partial charge in [0.15, 0.2) is 0 Å². The highest BCUT2D eigenvalue weighted by molar-refractivity contribution is 5.94. The Kier molecular flexibility index (Phi) is 4.33. The van der Waals surface area contributed by atoms with Gasteiger partial charge in [-0.25, -0.2) is 0 Å². The summed E-state index contributed by atoms with van der Waals surface area (Å²) < 4.78 is 1.63. The van der Waals surface area contributed by atoms with Crippen molar-refractivity contribution >= 4 is 11.6 Å². The van der Waals surface area contributed by atoms with E-state index < -0.39 is 4.92 Å². The van der Waals surface area contributed by atoms with Crippen molar-refractivity contribution in [3.8, 4) is 0 Å². The minimum atomic E-state index is -0.397. The summed E-state index contributed by atoms with van der Waals surface area (Å²) in [6.07, 6.45) is 2.14. The number of rotatable bonds is 4. The van der Waals surface area contributed by atoms with Crippen LogP contribution in [-0.2, 0) is 6.54 Å². The minimum Gasteiger partial charge on any atom is -0.339 e. The summed E-state index contributed by atoms with van der Waals surface area (Å²) in [5.41, 5.74) is 2.65. The lowest BCUT2D eigenvalue weighted by Gasteiger charge is -2.15. The molecule has 1 aliphatic rings. The van der Waals surface area contributed by atoms with E-state index in [1.54, 1.807) is 18.5 Å². The van der Waals surface area contributed by atoms with Gasteiger partial charge in [0.1, 0.15) is 11.4 Å². The number of carbonyl (C=O) groups excluding carboxylic acids is 1. The van der Waals surface area contributed by atoms with E-state index in [-0.39, 0.29) is 11.6 Å². The van der Waals surface area contributed by atoms with Crippen LogP contribution in [0.5, 0.6) is 0 Å². The van der Waals surface area contributed by atoms with Crippen LogP contribution in [0.15, 0.2) is 24.3 Å². The Morgan fingerprint density at radius 2 is 1.83 bits per heavy atom. The van der Waals surface area contributed by atoms with E-state index in [2.05, 4.69) is 5.10 Å². The first kappa shape index (κ1) is 16.2. The average molecular weight is 328 g/mol. The molecule has 7 heteroatoms. The van der Waals surface area contributed by atoms with E-state index >= 15 is 0 Å². The lowest BCUT2D eigenvalue weighted by atomic mass is 10.1. The number of nitro groups is 1. The third-order valence-electron chi connectivity index (χ3n) is 4.45. The molecule has 2 heterocycles. The van der Waals surface area contributed by atoms with Crippen LogP contribution in [0.3, 0.4) is 0 Å². The Hall–Kier alpha value is -2.70. The van der Waals surface area contributed by atoms with Crippen LogP contribution >= 0.6 is 0 Å². The lowest BCUT2D eigenvalue weighted by Crippen LogP contribution is -2.27. The fourth-order valence-corrected chi connectivity index (χ4v) is 3.13. The van der Waals surface area contributed by atoms with Gasteiger partial charge in [-0.2, -0.15) is 5.10 Å². The average Bonchev–Trinajstić information content (AvgIpc) is 3.16. The van der Waals surface area contributed by atoms with Crippen molar-refractivity contribution in [3.63, 3.8) is 0 Å². The molecule has 0 spiro atoms. The molecule has 0 aliphatic carbocycles. The van der Waals surface area contributed by atoms with Crippen molar-refractivity contribution in [1.82, 2.24) is 14.7 Å². The standard InChI is InChI=1S/C17H20N4O3/c1-12-16(21(23)24)13(2)20(18-12)11-14-5-7-15(8-6-14)17(22)19-9-3-4-10-19/h5-8H,3-4,9-11H2,1-2H3. The molecule has 1 aromatic heterocycles. The molecule has 3 rings (SSSR count). The zero-order valence-corrected chi connectivity index (χ0v) is 13.9. The van der Waals surface area contributed by atoms with Gasteiger partial charge in [0.25, 0.3) is 5.91 Å². The molecule has 7 nitrogen and oxygen atoms in total. The molecule has 1 aromatic carbocycles. The molecular weight excluding hydrogens is 308 g/mol. The van der Waals surface area contributed by atoms with Crippen LogP contribution < -0.4 is 0 Å². The Morgan fingerprint density at radius 3 is 2.38 bits per heavy atom. The van der Waals surface area contributed by atoms with Gasteiger partial charge in [-0.1, -0.05) is 12.1 Å². The summed E-state index contributed by atoms with van der Waals surface area (Å²) in [5, 5.41) is 15.3. The molecule has 2 aromatic rings. The predicted octanol–water partition coefficient (Wildman–Crippen LogP) is 2.69. The Bertz CT molecular complexity index is 774. The number of nitrogens with zero attached hydrogens (tertiary/aromatic N) is 4. The van der Waals surface area contributed by atoms with E-state index in [1.165, 1.54) is 0 Å². The summed E-state index contributed by atoms with van der Waals surface area (Å²) >= 11 is 0. The largest absolute Gasteiger partial charge is 0.339 e. The third-order valence-corrected chi connectivity index (χ3v) is 4.45. The summed E-state index contributed by atoms with van der Waals surface area (Å²) in [7, 11) is 0. The van der Waals surface area contributed by atoms with E-state index in [4.69, 9.17) is 0 Å². The van der Waals surface area contributed by atoms with Gasteiger partial charge < -0.3 is 4.90 Å². The molecule has 0 saturated carbocycles. The van der Waals surface area contributed by atoms with Crippen LogP contribution in [0, 0.1) is 24.0 Å². The Labute approximate surface area is 140 Å². The molecule has 126 valence electrons. The van der Waals surface area contributed by atoms with E-state index in [0.29, 0.717) is 23.5 Å². The van der Waals surface area contributed by atoms with Gasteiger partial charge in [0.05, 0.1) is 11.5 Å². The van der Waals surface area contributed by atoms with Gasteiger partial charge in [0, 0.05) is 18.7 Å². The number of amides is 1. The quantitative estimate of drug-likeness (QED) is 0.638. The van der Waals surface area contributed by atoms with Crippen LogP contribution in [0.1, 0.15) is 40.2 Å². The molecule has 24 heavy (non-hydrogen) atoms. The fourth-order valence-electron chi connectivity index (χ4n) is 3.13. The van der Waals surface area contributed by atoms with E-state index in [1.807, 2.05) is 29.2 Å². The molecule has 1 fully saturated rings. The van der Waals surface area contributed by atoms with Crippen LogP contribution in [0.4, 0.5) is 5.69 Å². The predicted molar refractivity (Wildman–Crippen MR) is 89.0 cm³/mol. The van der Waals surface area contributed by atoms with Gasteiger partial charge in [-0.3, -0.25) is 19.6 Å². The van der Waals surface area contributed by atoms with Gasteiger partial charge in [-0.15, -0.1) is 0 Å². The van der Waals surface area contributed by atoms with Crippen molar-refractivity contribution in [2.45, 2.75) is 33.2 Å². The molecule has 1 saturated heterocycles. The van der Waals surface area contributed by atoms with Gasteiger partial charge in [0.2, 0.25) is 0 Å². The van der Waals surface area contributed by atoms with Crippen molar-refractivity contribution in [1.29, 1.82) is 0 Å². The highest BCUT2D eigenvalue weighted by Crippen LogP contribution is 2.22. The maximum atomic E-state index is 12.3. The van der Waals surface area contributed by atoms with Crippen molar-refractivity contribution in [2.24, 2.45) is 0 Å². The second-order valence-electron chi connectivity index (χ2n) is 6.13. The Balaban J connectivity index is 1.76. The first-order valence-electron chi connectivity index (χ1n) is 8.04. The molecule has 0 N–H and O–H groups in total. The van der Waals surface area contributed by atoms with E-state index in [9.17, 15) is 14.9 Å². The zero-order chi connectivity index (χ0) is 17.3. The Morgan fingerprint density at radius 1 is 1.21 bits per heavy atom. The van der Waals surface area contributed by atoms with Crippen molar-refractivity contribution in [2.75, 3.05) is 13.1 Å². The summed E-state index contributed by atoms with van der Waals surface area (Å²) in [4.78, 5) is 24.9. The number of aryl methyl sites for hydroxylation is 1. The molecular formula is C17H20N4O3. The number of aromatic nitrogens is 2. The summed E-state index contributed by atoms with van der Waals surface area (Å²) in [6.45, 7) is 5.44. The van der Waals surface area contributed by atoms with Crippen molar-refractivity contribution in [3.05, 3.63) is 56.9 Å². The molecule has 1 amide bonds. The lowest BCUT2D eigenvalue weighted by molar-refractivity contribution is -0.386. The maximum Gasteiger partial charge on any atom is 0.312 e. The molecule has 0 unspecified atom stereocenters. The summed E-state index contributed by atoms with van der Waals surface area (Å²) in [5.74, 6) is 0.0702. The number of hydrogen-bond acceptors (Lipinski definition) is 4. The van der Waals surface area contributed by atoms with Crippen LogP contribution in [0.25, 0.3) is 0 Å². The molecule has 0 atom stereocenters. The normalized spacial score (nSPS) is 14.2. The third kappa shape index (κ3) is 3.02.